The summed E-state index contributed by atoms with van der Waals surface area (Å²) in [6, 6.07) is 8.03. The van der Waals surface area contributed by atoms with E-state index in [2.05, 4.69) is 5.09 Å². The summed E-state index contributed by atoms with van der Waals surface area (Å²) in [6.45, 7) is 5.03. The molecule has 7 heteroatoms. The van der Waals surface area contributed by atoms with E-state index in [9.17, 15) is 9.36 Å². The van der Waals surface area contributed by atoms with Crippen LogP contribution in [0.4, 0.5) is 0 Å². The molecule has 2 unspecified atom stereocenters. The van der Waals surface area contributed by atoms with Gasteiger partial charge in [-0.15, -0.1) is 0 Å². The number of nitrogens with one attached hydrogen (secondary N) is 1. The molecule has 3 atom stereocenters. The zero-order valence-electron chi connectivity index (χ0n) is 12.7. The summed E-state index contributed by atoms with van der Waals surface area (Å²) in [7, 11) is -1.64. The molecular formula is C14H22NO5P. The molecule has 1 aromatic rings. The number of rotatable bonds is 8. The Morgan fingerprint density at radius 2 is 1.90 bits per heavy atom. The number of benzene rings is 1. The third-order valence-electron chi connectivity index (χ3n) is 2.52. The van der Waals surface area contributed by atoms with Crippen molar-refractivity contribution in [3.63, 3.8) is 0 Å². The monoisotopic (exact) mass is 315 g/mol. The fraction of sp³-hybridized carbons (Fsp3) is 0.500. The molecule has 0 aliphatic rings. The summed E-state index contributed by atoms with van der Waals surface area (Å²) in [4.78, 5) is 11.8. The van der Waals surface area contributed by atoms with Crippen LogP contribution in [0.15, 0.2) is 30.3 Å². The normalized spacial score (nSPS) is 16.6. The Hall–Kier alpha value is -1.36. The quantitative estimate of drug-likeness (QED) is 0.587. The minimum atomic E-state index is -3.17. The minimum absolute atomic E-state index is 0.308. The van der Waals surface area contributed by atoms with Gasteiger partial charge in [0.25, 0.3) is 0 Å². The van der Waals surface area contributed by atoms with Gasteiger partial charge in [0, 0.05) is 13.8 Å². The van der Waals surface area contributed by atoms with Crippen LogP contribution in [0.3, 0.4) is 0 Å². The molecule has 1 N–H and O–H groups in total. The smallest absolute Gasteiger partial charge is 0.323 e. The number of hydrogen-bond donors (Lipinski definition) is 1. The lowest BCUT2D eigenvalue weighted by molar-refractivity contribution is -0.152. The summed E-state index contributed by atoms with van der Waals surface area (Å²) < 4.78 is 27.8. The lowest BCUT2D eigenvalue weighted by Crippen LogP contribution is -2.36. The highest BCUT2D eigenvalue weighted by atomic mass is 31.2. The third kappa shape index (κ3) is 6.76. The highest BCUT2D eigenvalue weighted by Crippen LogP contribution is 2.39. The lowest BCUT2D eigenvalue weighted by Gasteiger charge is -2.21. The van der Waals surface area contributed by atoms with Crippen molar-refractivity contribution in [1.29, 1.82) is 0 Å². The van der Waals surface area contributed by atoms with Gasteiger partial charge in [-0.2, -0.15) is 0 Å². The molecule has 6 nitrogen and oxygen atoms in total. The molecule has 0 spiro atoms. The number of methoxy groups -OCH3 is 1. The highest BCUT2D eigenvalue weighted by molar-refractivity contribution is 7.56. The van der Waals surface area contributed by atoms with Crippen LogP contribution >= 0.6 is 7.52 Å². The van der Waals surface area contributed by atoms with Gasteiger partial charge in [-0.3, -0.25) is 9.36 Å². The van der Waals surface area contributed by atoms with Gasteiger partial charge in [0.2, 0.25) is 0 Å². The van der Waals surface area contributed by atoms with Crippen molar-refractivity contribution in [3.05, 3.63) is 30.3 Å². The van der Waals surface area contributed by atoms with E-state index in [-0.39, 0.29) is 6.10 Å². The van der Waals surface area contributed by atoms with E-state index in [1.54, 1.807) is 38.1 Å². The fourth-order valence-electron chi connectivity index (χ4n) is 1.68. The Morgan fingerprint density at radius 3 is 2.48 bits per heavy atom. The molecule has 0 radical (unpaired) electrons. The average molecular weight is 315 g/mol. The van der Waals surface area contributed by atoms with Gasteiger partial charge in [-0.1, -0.05) is 18.2 Å². The zero-order valence-corrected chi connectivity index (χ0v) is 13.6. The van der Waals surface area contributed by atoms with Crippen molar-refractivity contribution in [2.45, 2.75) is 26.0 Å². The molecule has 0 aromatic heterocycles. The Morgan fingerprint density at radius 1 is 1.29 bits per heavy atom. The fourth-order valence-corrected chi connectivity index (χ4v) is 3.07. The maximum absolute atomic E-state index is 12.3. The first kappa shape index (κ1) is 17.7. The molecular weight excluding hydrogens is 293 g/mol. The third-order valence-corrected chi connectivity index (χ3v) is 3.94. The second kappa shape index (κ2) is 8.17. The van der Waals surface area contributed by atoms with E-state index in [0.717, 1.165) is 0 Å². The van der Waals surface area contributed by atoms with Crippen molar-refractivity contribution in [2.24, 2.45) is 0 Å². The van der Waals surface area contributed by atoms with Crippen LogP contribution in [-0.4, -0.2) is 38.5 Å². The van der Waals surface area contributed by atoms with Gasteiger partial charge in [0.05, 0.1) is 6.61 Å². The number of esters is 1. The number of ether oxygens (including phenoxy) is 2. The molecule has 0 bridgehead atoms. The molecule has 0 amide bonds. The summed E-state index contributed by atoms with van der Waals surface area (Å²) in [5.41, 5.74) is 0. The van der Waals surface area contributed by atoms with E-state index in [1.165, 1.54) is 13.8 Å². The predicted molar refractivity (Wildman–Crippen MR) is 80.6 cm³/mol. The van der Waals surface area contributed by atoms with Crippen LogP contribution in [0.5, 0.6) is 5.75 Å². The van der Waals surface area contributed by atoms with Gasteiger partial charge >= 0.3 is 13.5 Å². The standard InChI is InChI=1S/C14H22NO5P/c1-11(10-18-3)19-14(16)12(2)15-21(4,17)20-13-8-6-5-7-9-13/h5-9,11-12H,10H2,1-4H3,(H,15,17)/t11?,12-,21?/m0/s1. The average Bonchev–Trinajstić information content (AvgIpc) is 2.38. The number of hydrogen-bond acceptors (Lipinski definition) is 5. The minimum Gasteiger partial charge on any atom is -0.459 e. The highest BCUT2D eigenvalue weighted by Gasteiger charge is 2.26. The van der Waals surface area contributed by atoms with E-state index < -0.39 is 19.5 Å². The maximum atomic E-state index is 12.3. The van der Waals surface area contributed by atoms with Crippen molar-refractivity contribution in [1.82, 2.24) is 5.09 Å². The molecule has 1 rings (SSSR count). The molecule has 0 heterocycles. The molecule has 1 aromatic carbocycles. The molecule has 0 aliphatic heterocycles. The van der Waals surface area contributed by atoms with Crippen LogP contribution in [0.1, 0.15) is 13.8 Å². The van der Waals surface area contributed by atoms with Gasteiger partial charge in [-0.25, -0.2) is 5.09 Å². The van der Waals surface area contributed by atoms with Crippen LogP contribution in [0, 0.1) is 0 Å². The topological polar surface area (TPSA) is 73.9 Å². The van der Waals surface area contributed by atoms with Gasteiger partial charge in [0.1, 0.15) is 17.9 Å². The number of para-hydroxylation sites is 1. The molecule has 0 aliphatic carbocycles. The SMILES string of the molecule is COCC(C)OC(=O)[C@H](C)NP(C)(=O)Oc1ccccc1. The molecule has 21 heavy (non-hydrogen) atoms. The van der Waals surface area contributed by atoms with Crippen LogP contribution < -0.4 is 9.61 Å². The van der Waals surface area contributed by atoms with E-state index in [1.807, 2.05) is 6.07 Å². The Kier molecular flexibility index (Phi) is 6.89. The van der Waals surface area contributed by atoms with E-state index in [0.29, 0.717) is 12.4 Å². The van der Waals surface area contributed by atoms with Crippen molar-refractivity contribution in [3.8, 4) is 5.75 Å². The van der Waals surface area contributed by atoms with Gasteiger partial charge in [-0.05, 0) is 26.0 Å². The summed E-state index contributed by atoms with van der Waals surface area (Å²) in [5, 5.41) is 2.67. The molecule has 0 saturated carbocycles. The molecule has 0 fully saturated rings. The van der Waals surface area contributed by atoms with Crippen molar-refractivity contribution in [2.75, 3.05) is 20.4 Å². The van der Waals surface area contributed by atoms with E-state index >= 15 is 0 Å². The first-order valence-corrected chi connectivity index (χ1v) is 8.70. The summed E-state index contributed by atoms with van der Waals surface area (Å²) >= 11 is 0. The largest absolute Gasteiger partial charge is 0.459 e. The van der Waals surface area contributed by atoms with Crippen molar-refractivity contribution < 1.29 is 23.4 Å². The van der Waals surface area contributed by atoms with Crippen LogP contribution in [0.2, 0.25) is 0 Å². The van der Waals surface area contributed by atoms with Crippen molar-refractivity contribution >= 4 is 13.5 Å². The zero-order chi connectivity index (χ0) is 15.9. The first-order chi connectivity index (χ1) is 9.84. The Labute approximate surface area is 125 Å². The van der Waals surface area contributed by atoms with E-state index in [4.69, 9.17) is 14.0 Å². The second-order valence-electron chi connectivity index (χ2n) is 4.80. The summed E-state index contributed by atoms with van der Waals surface area (Å²) in [6.07, 6.45) is -0.363. The lowest BCUT2D eigenvalue weighted by atomic mass is 10.3. The van der Waals surface area contributed by atoms with Gasteiger partial charge < -0.3 is 14.0 Å². The Balaban J connectivity index is 2.54. The Bertz CT molecular complexity index is 493. The summed E-state index contributed by atoms with van der Waals surface area (Å²) in [5.74, 6) is -0.0255. The molecule has 0 saturated heterocycles. The maximum Gasteiger partial charge on any atom is 0.323 e. The second-order valence-corrected chi connectivity index (χ2v) is 6.94. The number of carbonyl (C=O) groups is 1. The van der Waals surface area contributed by atoms with Crippen LogP contribution in [-0.2, 0) is 18.8 Å². The first-order valence-electron chi connectivity index (χ1n) is 6.63. The molecule has 118 valence electrons. The van der Waals surface area contributed by atoms with Gasteiger partial charge in [0.15, 0.2) is 0 Å². The number of carbonyl (C=O) groups excluding carboxylic acids is 1. The predicted octanol–water partition coefficient (Wildman–Crippen LogP) is 2.44. The van der Waals surface area contributed by atoms with Crippen LogP contribution in [0.25, 0.3) is 0 Å².